The first-order chi connectivity index (χ1) is 33.4. The van der Waals surface area contributed by atoms with Gasteiger partial charge in [-0.1, -0.05) is 131 Å². The monoisotopic (exact) mass is 1430 g/mol. The molecule has 0 amide bonds. The van der Waals surface area contributed by atoms with Gasteiger partial charge in [0.05, 0.1) is 14.2 Å². The van der Waals surface area contributed by atoms with Gasteiger partial charge >= 0.3 is 42.1 Å². The van der Waals surface area contributed by atoms with Crippen LogP contribution in [-0.4, -0.2) is 96.2 Å². The second-order valence-corrected chi connectivity index (χ2v) is 35.4. The zero-order valence-corrected chi connectivity index (χ0v) is 57.9. The molecule has 0 spiro atoms. The Morgan fingerprint density at radius 3 is 0.736 bits per heavy atom. The minimum Gasteiger partial charge on any atom is -0.497 e. The molecule has 0 saturated carbocycles. The van der Waals surface area contributed by atoms with Gasteiger partial charge < -0.3 is 35.2 Å². The summed E-state index contributed by atoms with van der Waals surface area (Å²) in [6, 6.07) is 19.8. The van der Waals surface area contributed by atoms with Gasteiger partial charge in [0, 0.05) is 0 Å². The number of hydrogen-bond donors (Lipinski definition) is 0. The van der Waals surface area contributed by atoms with Crippen molar-refractivity contribution in [3.63, 3.8) is 0 Å². The average Bonchev–Trinajstić information content (AvgIpc) is 3.39. The van der Waals surface area contributed by atoms with E-state index in [0.717, 1.165) is 28.2 Å². The van der Waals surface area contributed by atoms with Crippen molar-refractivity contribution in [2.75, 3.05) is 88.2 Å². The van der Waals surface area contributed by atoms with Crippen LogP contribution in [0, 0.1) is 60.8 Å². The van der Waals surface area contributed by atoms with Crippen LogP contribution in [0.4, 0.5) is 0 Å². The van der Waals surface area contributed by atoms with Gasteiger partial charge in [0.25, 0.3) is 0 Å². The van der Waals surface area contributed by atoms with E-state index in [4.69, 9.17) is 35.2 Å². The van der Waals surface area contributed by atoms with E-state index in [2.05, 4.69) is 160 Å². The molecule has 0 saturated heterocycles. The molecule has 0 radical (unpaired) electrons. The summed E-state index contributed by atoms with van der Waals surface area (Å²) in [5.41, 5.74) is 9.10. The van der Waals surface area contributed by atoms with Crippen molar-refractivity contribution in [2.24, 2.45) is 0 Å². The van der Waals surface area contributed by atoms with E-state index >= 15 is 0 Å². The van der Waals surface area contributed by atoms with Crippen LogP contribution in [0.15, 0.2) is 66.7 Å². The number of hydrogen-bond acceptors (Lipinski definition) is 2. The number of rotatable bonds is 17. The maximum absolute atomic E-state index is 7.29. The van der Waals surface area contributed by atoms with E-state index < -0.39 is 8.07 Å². The first kappa shape index (κ1) is 81.7. The Hall–Kier alpha value is -1.63. The van der Waals surface area contributed by atoms with Crippen molar-refractivity contribution in [1.82, 2.24) is 0 Å². The Labute approximate surface area is 483 Å². The van der Waals surface area contributed by atoms with Crippen LogP contribution in [0.1, 0.15) is 152 Å². The molecule has 0 aliphatic heterocycles. The Morgan fingerprint density at radius 1 is 0.375 bits per heavy atom. The van der Waals surface area contributed by atoms with Crippen molar-refractivity contribution < 1.29 is 51.6 Å². The molecule has 3 aromatic carbocycles. The van der Waals surface area contributed by atoms with Crippen molar-refractivity contribution in [2.45, 2.75) is 141 Å². The Bertz CT molecular complexity index is 1750. The van der Waals surface area contributed by atoms with E-state index in [1.807, 2.05) is 12.1 Å². The molecule has 0 aliphatic rings. The van der Waals surface area contributed by atoms with Crippen LogP contribution < -0.4 is 9.47 Å². The predicted molar refractivity (Wildman–Crippen MR) is 329 cm³/mol. The second kappa shape index (κ2) is 54.2. The van der Waals surface area contributed by atoms with Crippen LogP contribution in [0.3, 0.4) is 0 Å². The normalized spacial score (nSPS) is 9.71. The molecule has 0 N–H and O–H groups in total. The first-order valence-electron chi connectivity index (χ1n) is 26.0. The Balaban J connectivity index is -0.000000187. The molecule has 0 heterocycles. The summed E-state index contributed by atoms with van der Waals surface area (Å²) < 4.78 is 9.85. The number of benzene rings is 3. The topological polar surface area (TPSA) is 18.5 Å². The summed E-state index contributed by atoms with van der Waals surface area (Å²) in [4.78, 5) is 0. The molecule has 0 aromatic heterocycles. The third-order valence-corrected chi connectivity index (χ3v) is 29.4. The van der Waals surface area contributed by atoms with Gasteiger partial charge in [-0.15, -0.1) is 95.9 Å². The van der Waals surface area contributed by atoms with Crippen molar-refractivity contribution >= 4 is 39.8 Å². The van der Waals surface area contributed by atoms with E-state index in [9.17, 15) is 0 Å². The molecule has 0 aliphatic carbocycles. The van der Waals surface area contributed by atoms with Gasteiger partial charge in [-0.25, -0.2) is 0 Å². The SMILES string of the molecule is CCP(CC)CC.CCP(CC)CC.CCP(CC)CC.CCP(CC)CC.[C-]#Cc1cc(C#[C-])cc(C#C[Si](C(C)C)(C(C)C)C(C)C)c1.[C-]#Cc1ccc(OC)cc1.[C-]#Cc1ccc(OC)cc1.[Pt+2].[Pt+2]. The largest absolute Gasteiger partial charge is 2.00 e. The van der Waals surface area contributed by atoms with Crippen LogP contribution in [0.5, 0.6) is 11.5 Å². The Kier molecular flexibility index (Phi) is 61.5. The molecular formula is C63H98O2P4Pt2Si. The fraction of sp³-hybridized carbons (Fsp3) is 0.556. The van der Waals surface area contributed by atoms with Gasteiger partial charge in [-0.2, -0.15) is 6.07 Å². The summed E-state index contributed by atoms with van der Waals surface area (Å²) in [7, 11) is 3.25. The minimum absolute atomic E-state index is 0. The summed E-state index contributed by atoms with van der Waals surface area (Å²) in [6.45, 7) is 41.2. The fourth-order valence-electron chi connectivity index (χ4n) is 7.49. The molecule has 9 heteroatoms. The summed E-state index contributed by atoms with van der Waals surface area (Å²) >= 11 is 0. The van der Waals surface area contributed by atoms with E-state index in [0.29, 0.717) is 59.4 Å². The third kappa shape index (κ3) is 38.0. The first-order valence-corrected chi connectivity index (χ1v) is 35.8. The second-order valence-electron chi connectivity index (χ2n) is 16.9. The molecule has 72 heavy (non-hydrogen) atoms. The Morgan fingerprint density at radius 2 is 0.583 bits per heavy atom. The quantitative estimate of drug-likeness (QED) is 0.0580. The van der Waals surface area contributed by atoms with E-state index in [1.54, 1.807) is 68.8 Å². The van der Waals surface area contributed by atoms with Crippen LogP contribution in [0.25, 0.3) is 0 Å². The molecule has 406 valence electrons. The smallest absolute Gasteiger partial charge is 0.497 e. The van der Waals surface area contributed by atoms with Crippen molar-refractivity contribution in [3.05, 3.63) is 120 Å². The molecule has 0 unspecified atom stereocenters. The fourth-order valence-corrected chi connectivity index (χ4v) is 18.1. The number of ether oxygens (including phenoxy) is 2. The summed E-state index contributed by atoms with van der Waals surface area (Å²) in [5, 5.41) is 0. The molecule has 2 nitrogen and oxygen atoms in total. The minimum atomic E-state index is -1.76. The molecule has 3 rings (SSSR count). The maximum atomic E-state index is 7.29. The standard InChI is InChI=1S/C21H24Si.2C9H7O.4C6H15P.2Pt/c1-9-19-13-20(10-2)15-21(14-19)11-12-22(16(3)4,17(5)6)18(7)8;2*1-3-8-4-6-9(10-2)7-5-8;4*1-4-7(5-2)6-3;;/h13-18H,3-8H3;2*4-7H,2H3;4*4-6H2,1-3H3;;/q-2;2*-1;;;;;2*+2. The molecule has 0 fully saturated rings. The van der Waals surface area contributed by atoms with Crippen LogP contribution in [0.2, 0.25) is 16.6 Å². The van der Waals surface area contributed by atoms with E-state index in [-0.39, 0.29) is 42.1 Å². The molecular weight excluding hydrogens is 1330 g/mol. The molecule has 0 atom stereocenters. The van der Waals surface area contributed by atoms with Crippen LogP contribution >= 0.6 is 31.7 Å². The van der Waals surface area contributed by atoms with Gasteiger partial charge in [0.1, 0.15) is 19.6 Å². The van der Waals surface area contributed by atoms with Gasteiger partial charge in [-0.05, 0) is 120 Å². The zero-order chi connectivity index (χ0) is 54.5. The number of methoxy groups -OCH3 is 2. The third-order valence-electron chi connectivity index (χ3n) is 12.3. The molecule has 0 bridgehead atoms. The van der Waals surface area contributed by atoms with Gasteiger partial charge in [0.15, 0.2) is 0 Å². The van der Waals surface area contributed by atoms with Gasteiger partial charge in [0.2, 0.25) is 0 Å². The predicted octanol–water partition coefficient (Wildman–Crippen LogP) is 18.5. The average molecular weight is 1430 g/mol. The van der Waals surface area contributed by atoms with Crippen molar-refractivity contribution in [3.8, 4) is 46.6 Å². The molecule has 3 aromatic rings. The summed E-state index contributed by atoms with van der Waals surface area (Å²) in [6.07, 6.45) is 45.2. The van der Waals surface area contributed by atoms with E-state index in [1.165, 1.54) is 73.9 Å². The van der Waals surface area contributed by atoms with Gasteiger partial charge in [-0.3, -0.25) is 23.7 Å². The van der Waals surface area contributed by atoms with Crippen LogP contribution in [-0.2, 0) is 42.1 Å². The summed E-state index contributed by atoms with van der Waals surface area (Å²) in [5.74, 6) is 14.3. The maximum Gasteiger partial charge on any atom is 2.00 e. The zero-order valence-electron chi connectivity index (χ0n) is 48.8. The van der Waals surface area contributed by atoms with Crippen molar-refractivity contribution in [1.29, 1.82) is 0 Å².